The number of carbonyl (C=O) groups excluding carboxylic acids is 1. The second-order valence-corrected chi connectivity index (χ2v) is 7.20. The van der Waals surface area contributed by atoms with E-state index in [2.05, 4.69) is 32.8 Å². The molecule has 1 N–H and O–H groups in total. The van der Waals surface area contributed by atoms with Crippen LogP contribution in [0.25, 0.3) is 11.0 Å². The molecular weight excluding hydrogens is 418 g/mol. The molecule has 1 amide bonds. The monoisotopic (exact) mass is 433 g/mol. The van der Waals surface area contributed by atoms with Gasteiger partial charge < -0.3 is 14.6 Å². The highest BCUT2D eigenvalue weighted by Crippen LogP contribution is 2.19. The van der Waals surface area contributed by atoms with Crippen LogP contribution in [0.5, 0.6) is 5.75 Å². The van der Waals surface area contributed by atoms with Crippen LogP contribution in [0.2, 0.25) is 5.02 Å². The standard InChI is InChI=1S/C19H17BrClN3O2/c1-13(20)11-24-17-5-3-2-4-16(17)23-18(24)10-22-19(25)12-26-15-8-6-14(21)7-9-15/h2-9H,1,10-12H2,(H,22,25). The van der Waals surface area contributed by atoms with E-state index in [9.17, 15) is 4.79 Å². The zero-order valence-corrected chi connectivity index (χ0v) is 16.3. The molecule has 5 nitrogen and oxygen atoms in total. The van der Waals surface area contributed by atoms with Crippen molar-refractivity contribution >= 4 is 44.5 Å². The van der Waals surface area contributed by atoms with Gasteiger partial charge in [-0.1, -0.05) is 46.2 Å². The molecule has 0 aliphatic rings. The van der Waals surface area contributed by atoms with Crippen LogP contribution in [0.3, 0.4) is 0 Å². The average molecular weight is 435 g/mol. The molecule has 1 heterocycles. The van der Waals surface area contributed by atoms with E-state index in [1.807, 2.05) is 28.8 Å². The summed E-state index contributed by atoms with van der Waals surface area (Å²) in [5.41, 5.74) is 1.87. The van der Waals surface area contributed by atoms with Gasteiger partial charge in [-0.3, -0.25) is 4.79 Å². The Morgan fingerprint density at radius 2 is 1.96 bits per heavy atom. The predicted molar refractivity (Wildman–Crippen MR) is 107 cm³/mol. The zero-order valence-electron chi connectivity index (χ0n) is 13.9. The summed E-state index contributed by atoms with van der Waals surface area (Å²) in [4.78, 5) is 16.7. The smallest absolute Gasteiger partial charge is 0.258 e. The Morgan fingerprint density at radius 1 is 1.23 bits per heavy atom. The minimum Gasteiger partial charge on any atom is -0.484 e. The predicted octanol–water partition coefficient (Wildman–Crippen LogP) is 4.29. The number of carbonyl (C=O) groups is 1. The fraction of sp³-hybridized carbons (Fsp3) is 0.158. The zero-order chi connectivity index (χ0) is 18.5. The van der Waals surface area contributed by atoms with Crippen molar-refractivity contribution in [2.75, 3.05) is 6.61 Å². The van der Waals surface area contributed by atoms with Gasteiger partial charge in [-0.2, -0.15) is 0 Å². The van der Waals surface area contributed by atoms with Crippen molar-refractivity contribution in [2.24, 2.45) is 0 Å². The van der Waals surface area contributed by atoms with Crippen molar-refractivity contribution in [3.05, 3.63) is 70.4 Å². The quantitative estimate of drug-likeness (QED) is 0.603. The first kappa shape index (κ1) is 18.5. The van der Waals surface area contributed by atoms with Gasteiger partial charge in [0.2, 0.25) is 0 Å². The van der Waals surface area contributed by atoms with Gasteiger partial charge in [0.15, 0.2) is 6.61 Å². The Morgan fingerprint density at radius 3 is 2.69 bits per heavy atom. The van der Waals surface area contributed by atoms with Crippen LogP contribution in [0.1, 0.15) is 5.82 Å². The summed E-state index contributed by atoms with van der Waals surface area (Å²) in [5, 5.41) is 3.46. The molecule has 7 heteroatoms. The first-order valence-electron chi connectivity index (χ1n) is 7.95. The van der Waals surface area contributed by atoms with Crippen LogP contribution >= 0.6 is 27.5 Å². The molecule has 0 spiro atoms. The fourth-order valence-corrected chi connectivity index (χ4v) is 2.89. The van der Waals surface area contributed by atoms with Gasteiger partial charge in [0.1, 0.15) is 11.6 Å². The van der Waals surface area contributed by atoms with Gasteiger partial charge in [0.25, 0.3) is 5.91 Å². The minimum atomic E-state index is -0.226. The third kappa shape index (κ3) is 4.65. The summed E-state index contributed by atoms with van der Waals surface area (Å²) in [6.07, 6.45) is 0. The molecule has 2 aromatic carbocycles. The lowest BCUT2D eigenvalue weighted by Gasteiger charge is -2.10. The summed E-state index contributed by atoms with van der Waals surface area (Å²) >= 11 is 9.21. The number of imidazole rings is 1. The summed E-state index contributed by atoms with van der Waals surface area (Å²) in [5.74, 6) is 1.12. The van der Waals surface area contributed by atoms with Crippen LogP contribution < -0.4 is 10.1 Å². The number of hydrogen-bond acceptors (Lipinski definition) is 3. The maximum Gasteiger partial charge on any atom is 0.258 e. The number of nitrogens with zero attached hydrogens (tertiary/aromatic N) is 2. The normalized spacial score (nSPS) is 10.7. The molecule has 1 aromatic heterocycles. The van der Waals surface area contributed by atoms with Crippen LogP contribution in [-0.4, -0.2) is 22.1 Å². The second kappa shape index (κ2) is 8.38. The van der Waals surface area contributed by atoms with Gasteiger partial charge >= 0.3 is 0 Å². The highest BCUT2D eigenvalue weighted by molar-refractivity contribution is 9.11. The molecule has 0 radical (unpaired) electrons. The number of para-hydroxylation sites is 2. The van der Waals surface area contributed by atoms with E-state index in [4.69, 9.17) is 16.3 Å². The molecule has 0 fully saturated rings. The van der Waals surface area contributed by atoms with Crippen LogP contribution in [-0.2, 0) is 17.9 Å². The van der Waals surface area contributed by atoms with E-state index >= 15 is 0 Å². The van der Waals surface area contributed by atoms with E-state index in [1.54, 1.807) is 24.3 Å². The molecule has 0 bridgehead atoms. The Labute approximate surface area is 164 Å². The van der Waals surface area contributed by atoms with E-state index in [-0.39, 0.29) is 12.5 Å². The Balaban J connectivity index is 1.64. The van der Waals surface area contributed by atoms with Gasteiger partial charge in [-0.25, -0.2) is 4.98 Å². The summed E-state index contributed by atoms with van der Waals surface area (Å²) in [6, 6.07) is 14.7. The third-order valence-electron chi connectivity index (χ3n) is 3.69. The number of aromatic nitrogens is 2. The molecule has 3 aromatic rings. The molecular formula is C19H17BrClN3O2. The Bertz CT molecular complexity index is 938. The molecule has 0 aliphatic heterocycles. The number of halogens is 2. The lowest BCUT2D eigenvalue weighted by molar-refractivity contribution is -0.123. The highest BCUT2D eigenvalue weighted by atomic mass is 79.9. The summed E-state index contributed by atoms with van der Waals surface area (Å²) in [7, 11) is 0. The first-order valence-corrected chi connectivity index (χ1v) is 9.12. The maximum atomic E-state index is 12.1. The molecule has 134 valence electrons. The van der Waals surface area contributed by atoms with Gasteiger partial charge in [0.05, 0.1) is 24.1 Å². The molecule has 0 unspecified atom stereocenters. The number of fused-ring (bicyclic) bond motifs is 1. The number of allylic oxidation sites excluding steroid dienone is 1. The molecule has 0 aliphatic carbocycles. The van der Waals surface area contributed by atoms with Crippen molar-refractivity contribution in [1.29, 1.82) is 0 Å². The number of rotatable bonds is 7. The summed E-state index contributed by atoms with van der Waals surface area (Å²) < 4.78 is 8.30. The first-order chi connectivity index (χ1) is 12.5. The van der Waals surface area contributed by atoms with E-state index in [1.165, 1.54) is 0 Å². The Kier molecular flexibility index (Phi) is 5.96. The topological polar surface area (TPSA) is 56.2 Å². The molecule has 0 saturated carbocycles. The number of nitrogens with one attached hydrogen (secondary N) is 1. The Hall–Kier alpha value is -2.31. The van der Waals surface area contributed by atoms with Crippen LogP contribution in [0.4, 0.5) is 0 Å². The number of ether oxygens (including phenoxy) is 1. The minimum absolute atomic E-state index is 0.0764. The van der Waals surface area contributed by atoms with E-state index < -0.39 is 0 Å². The number of amides is 1. The highest BCUT2D eigenvalue weighted by Gasteiger charge is 2.12. The van der Waals surface area contributed by atoms with Gasteiger partial charge in [-0.05, 0) is 36.4 Å². The molecule has 0 atom stereocenters. The van der Waals surface area contributed by atoms with Crippen LogP contribution in [0, 0.1) is 0 Å². The molecule has 26 heavy (non-hydrogen) atoms. The maximum absolute atomic E-state index is 12.1. The van der Waals surface area contributed by atoms with Crippen molar-refractivity contribution in [3.8, 4) is 5.75 Å². The SMILES string of the molecule is C=C(Br)Cn1c(CNC(=O)COc2ccc(Cl)cc2)nc2ccccc21. The fourth-order valence-electron chi connectivity index (χ4n) is 2.52. The largest absolute Gasteiger partial charge is 0.484 e. The number of benzene rings is 2. The third-order valence-corrected chi connectivity index (χ3v) is 4.19. The lowest BCUT2D eigenvalue weighted by atomic mass is 10.3. The van der Waals surface area contributed by atoms with E-state index in [0.717, 1.165) is 21.3 Å². The average Bonchev–Trinajstić information content (AvgIpc) is 2.96. The van der Waals surface area contributed by atoms with Crippen molar-refractivity contribution in [2.45, 2.75) is 13.1 Å². The lowest BCUT2D eigenvalue weighted by Crippen LogP contribution is -2.29. The van der Waals surface area contributed by atoms with Crippen LogP contribution in [0.15, 0.2) is 59.6 Å². The second-order valence-electron chi connectivity index (χ2n) is 5.64. The van der Waals surface area contributed by atoms with Gasteiger partial charge in [0, 0.05) is 9.51 Å². The van der Waals surface area contributed by atoms with Crippen molar-refractivity contribution in [3.63, 3.8) is 0 Å². The van der Waals surface area contributed by atoms with E-state index in [0.29, 0.717) is 23.9 Å². The van der Waals surface area contributed by atoms with Crippen molar-refractivity contribution < 1.29 is 9.53 Å². The van der Waals surface area contributed by atoms with Gasteiger partial charge in [-0.15, -0.1) is 0 Å². The molecule has 0 saturated heterocycles. The summed E-state index contributed by atoms with van der Waals surface area (Å²) in [6.45, 7) is 4.70. The number of hydrogen-bond donors (Lipinski definition) is 1. The van der Waals surface area contributed by atoms with Crippen molar-refractivity contribution in [1.82, 2.24) is 14.9 Å². The molecule has 3 rings (SSSR count).